The van der Waals surface area contributed by atoms with Crippen molar-refractivity contribution in [2.75, 3.05) is 18.8 Å². The van der Waals surface area contributed by atoms with Crippen molar-refractivity contribution in [1.82, 2.24) is 16.0 Å². The molecule has 0 bridgehead atoms. The van der Waals surface area contributed by atoms with Crippen LogP contribution < -0.4 is 33.2 Å². The Morgan fingerprint density at radius 1 is 0.933 bits per heavy atom. The molecule has 3 unspecified atom stereocenters. The van der Waals surface area contributed by atoms with E-state index in [1.807, 2.05) is 0 Å². The summed E-state index contributed by atoms with van der Waals surface area (Å²) in [7, 11) is 0. The molecule has 0 aliphatic rings. The van der Waals surface area contributed by atoms with Crippen molar-refractivity contribution in [2.24, 2.45) is 22.2 Å². The number of aliphatic carboxylic acids is 2. The van der Waals surface area contributed by atoms with E-state index < -0.39 is 60.8 Å². The molecule has 30 heavy (non-hydrogen) atoms. The molecular weight excluding hydrogens is 422 g/mol. The average molecular weight is 449 g/mol. The monoisotopic (exact) mass is 449 g/mol. The Morgan fingerprint density at radius 2 is 1.53 bits per heavy atom. The van der Waals surface area contributed by atoms with Gasteiger partial charge in [-0.3, -0.25) is 29.0 Å². The van der Waals surface area contributed by atoms with Crippen LogP contribution in [0.4, 0.5) is 0 Å². The van der Waals surface area contributed by atoms with Gasteiger partial charge in [0, 0.05) is 12.3 Å². The number of thiol groups is 1. The molecule has 0 aliphatic heterocycles. The molecule has 0 heterocycles. The maximum Gasteiger partial charge on any atom is 0.322 e. The van der Waals surface area contributed by atoms with Gasteiger partial charge >= 0.3 is 11.9 Å². The quantitative estimate of drug-likeness (QED) is 0.0536. The highest BCUT2D eigenvalue weighted by Gasteiger charge is 2.28. The molecule has 0 aromatic carbocycles. The van der Waals surface area contributed by atoms with E-state index in [9.17, 15) is 24.0 Å². The third-order valence-corrected chi connectivity index (χ3v) is 3.90. The maximum atomic E-state index is 12.6. The Bertz CT molecular complexity index is 670. The van der Waals surface area contributed by atoms with Crippen molar-refractivity contribution >= 4 is 48.2 Å². The predicted molar refractivity (Wildman–Crippen MR) is 108 cm³/mol. The van der Waals surface area contributed by atoms with Gasteiger partial charge in [0.05, 0.1) is 12.5 Å². The summed E-state index contributed by atoms with van der Waals surface area (Å²) in [4.78, 5) is 61.6. The zero-order valence-corrected chi connectivity index (χ0v) is 16.9. The summed E-state index contributed by atoms with van der Waals surface area (Å²) in [6.45, 7) is -0.500. The minimum atomic E-state index is -1.39. The summed E-state index contributed by atoms with van der Waals surface area (Å²) >= 11 is 3.95. The Hall–Kier alpha value is -3.07. The van der Waals surface area contributed by atoms with Gasteiger partial charge in [-0.2, -0.15) is 12.6 Å². The van der Waals surface area contributed by atoms with Crippen molar-refractivity contribution in [3.63, 3.8) is 0 Å². The fraction of sp³-hybridized carbons (Fsp3) is 0.600. The van der Waals surface area contributed by atoms with Crippen LogP contribution in [-0.2, 0) is 24.0 Å². The van der Waals surface area contributed by atoms with Gasteiger partial charge < -0.3 is 43.4 Å². The highest BCUT2D eigenvalue weighted by Crippen LogP contribution is 2.02. The molecule has 3 amide bonds. The second kappa shape index (κ2) is 14.0. The van der Waals surface area contributed by atoms with Crippen LogP contribution in [-0.4, -0.2) is 82.8 Å². The van der Waals surface area contributed by atoms with Gasteiger partial charge in [-0.1, -0.05) is 0 Å². The van der Waals surface area contributed by atoms with Gasteiger partial charge in [-0.25, -0.2) is 0 Å². The van der Waals surface area contributed by atoms with Crippen molar-refractivity contribution in [3.8, 4) is 0 Å². The van der Waals surface area contributed by atoms with E-state index in [4.69, 9.17) is 27.4 Å². The Balaban J connectivity index is 5.15. The van der Waals surface area contributed by atoms with Crippen LogP contribution in [0.1, 0.15) is 19.3 Å². The number of nitrogens with zero attached hydrogens (tertiary/aromatic N) is 1. The van der Waals surface area contributed by atoms with Gasteiger partial charge in [0.1, 0.15) is 18.6 Å². The second-order valence-electron chi connectivity index (χ2n) is 6.07. The lowest BCUT2D eigenvalue weighted by atomic mass is 10.1. The van der Waals surface area contributed by atoms with Crippen LogP contribution >= 0.6 is 12.6 Å². The molecule has 14 nitrogen and oxygen atoms in total. The number of carboxylic acids is 2. The molecule has 0 spiro atoms. The summed E-state index contributed by atoms with van der Waals surface area (Å²) in [5, 5.41) is 24.1. The first-order chi connectivity index (χ1) is 14.0. The molecule has 0 rings (SSSR count). The van der Waals surface area contributed by atoms with Crippen LogP contribution in [0.15, 0.2) is 4.99 Å². The fourth-order valence-corrected chi connectivity index (χ4v) is 2.34. The summed E-state index contributed by atoms with van der Waals surface area (Å²) < 4.78 is 0. The van der Waals surface area contributed by atoms with E-state index in [0.717, 1.165) is 0 Å². The summed E-state index contributed by atoms with van der Waals surface area (Å²) in [6.07, 6.45) is -0.337. The van der Waals surface area contributed by atoms with E-state index in [-0.39, 0.29) is 31.1 Å². The lowest BCUT2D eigenvalue weighted by Crippen LogP contribution is -2.56. The lowest BCUT2D eigenvalue weighted by Gasteiger charge is -2.23. The van der Waals surface area contributed by atoms with Gasteiger partial charge in [0.15, 0.2) is 5.96 Å². The van der Waals surface area contributed by atoms with Gasteiger partial charge in [0.2, 0.25) is 17.7 Å². The summed E-state index contributed by atoms with van der Waals surface area (Å²) in [5.74, 6) is -5.31. The first-order valence-electron chi connectivity index (χ1n) is 8.71. The van der Waals surface area contributed by atoms with E-state index >= 15 is 0 Å². The Morgan fingerprint density at radius 3 is 2.03 bits per heavy atom. The van der Waals surface area contributed by atoms with Crippen LogP contribution in [0.25, 0.3) is 0 Å². The number of carbonyl (C=O) groups excluding carboxylic acids is 3. The summed E-state index contributed by atoms with van der Waals surface area (Å²) in [6, 6.07) is -3.75. The standard InChI is InChI=1S/C15H27N7O7S/c16-7(4-10(23)24)12(27)21-8(2-1-3-19-15(17)18)14(29)22-9(6-30)13(28)20-5-11(25)26/h7-9,30H,1-6,16H2,(H,20,28)(H,21,27)(H,22,29)(H,23,24)(H,25,26)(H4,17,18,19). The fourth-order valence-electron chi connectivity index (χ4n) is 2.08. The summed E-state index contributed by atoms with van der Waals surface area (Å²) in [5.41, 5.74) is 15.9. The van der Waals surface area contributed by atoms with E-state index in [1.54, 1.807) is 0 Å². The zero-order chi connectivity index (χ0) is 23.3. The molecule has 11 N–H and O–H groups in total. The molecule has 0 aromatic rings. The topological polar surface area (TPSA) is 252 Å². The normalized spacial score (nSPS) is 13.3. The number of rotatable bonds is 14. The lowest BCUT2D eigenvalue weighted by molar-refractivity contribution is -0.139. The second-order valence-corrected chi connectivity index (χ2v) is 6.43. The first-order valence-corrected chi connectivity index (χ1v) is 9.35. The number of guanidine groups is 1. The smallest absolute Gasteiger partial charge is 0.322 e. The number of amides is 3. The highest BCUT2D eigenvalue weighted by molar-refractivity contribution is 7.80. The molecular formula is C15H27N7O7S. The molecule has 3 atom stereocenters. The molecule has 0 fully saturated rings. The van der Waals surface area contributed by atoms with Crippen molar-refractivity contribution in [3.05, 3.63) is 0 Å². The number of aliphatic imine (C=N–C) groups is 1. The Kier molecular flexibility index (Phi) is 12.6. The minimum Gasteiger partial charge on any atom is -0.481 e. The number of carboxylic acid groups (broad SMARTS) is 2. The number of nitrogens with one attached hydrogen (secondary N) is 3. The largest absolute Gasteiger partial charge is 0.481 e. The van der Waals surface area contributed by atoms with E-state index in [1.165, 1.54) is 0 Å². The molecule has 0 aliphatic carbocycles. The SMILES string of the molecule is NC(N)=NCCCC(NC(=O)C(N)CC(=O)O)C(=O)NC(CS)C(=O)NCC(=O)O. The van der Waals surface area contributed by atoms with E-state index in [2.05, 4.69) is 33.6 Å². The highest BCUT2D eigenvalue weighted by atomic mass is 32.1. The molecule has 0 radical (unpaired) electrons. The third-order valence-electron chi connectivity index (χ3n) is 3.54. The number of hydrogen-bond donors (Lipinski definition) is 9. The van der Waals surface area contributed by atoms with Crippen LogP contribution in [0.2, 0.25) is 0 Å². The first kappa shape index (κ1) is 26.9. The van der Waals surface area contributed by atoms with Crippen molar-refractivity contribution < 1.29 is 34.2 Å². The zero-order valence-electron chi connectivity index (χ0n) is 16.0. The van der Waals surface area contributed by atoms with Gasteiger partial charge in [-0.15, -0.1) is 0 Å². The van der Waals surface area contributed by atoms with E-state index in [0.29, 0.717) is 0 Å². The van der Waals surface area contributed by atoms with Crippen LogP contribution in [0.5, 0.6) is 0 Å². The number of hydrogen-bond acceptors (Lipinski definition) is 8. The third kappa shape index (κ3) is 11.7. The Labute approximate surface area is 177 Å². The average Bonchev–Trinajstić information content (AvgIpc) is 2.65. The van der Waals surface area contributed by atoms with Crippen molar-refractivity contribution in [2.45, 2.75) is 37.4 Å². The molecule has 0 aromatic heterocycles. The van der Waals surface area contributed by atoms with Gasteiger partial charge in [-0.05, 0) is 12.8 Å². The van der Waals surface area contributed by atoms with Crippen LogP contribution in [0.3, 0.4) is 0 Å². The maximum absolute atomic E-state index is 12.6. The van der Waals surface area contributed by atoms with Crippen LogP contribution in [0, 0.1) is 0 Å². The molecule has 170 valence electrons. The minimum absolute atomic E-state index is 0.0458. The molecule has 0 saturated heterocycles. The number of carbonyl (C=O) groups is 5. The van der Waals surface area contributed by atoms with Crippen molar-refractivity contribution in [1.29, 1.82) is 0 Å². The number of nitrogens with two attached hydrogens (primary N) is 3. The van der Waals surface area contributed by atoms with Gasteiger partial charge in [0.25, 0.3) is 0 Å². The predicted octanol–water partition coefficient (Wildman–Crippen LogP) is -4.06. The molecule has 15 heteroatoms. The molecule has 0 saturated carbocycles.